The summed E-state index contributed by atoms with van der Waals surface area (Å²) in [5, 5.41) is 0. The quantitative estimate of drug-likeness (QED) is 0.343. The maximum absolute atomic E-state index is 12.8. The van der Waals surface area contributed by atoms with Crippen molar-refractivity contribution in [2.75, 3.05) is 0 Å². The zero-order valence-electron chi connectivity index (χ0n) is 17.3. The van der Waals surface area contributed by atoms with E-state index in [4.69, 9.17) is 9.47 Å². The van der Waals surface area contributed by atoms with Crippen molar-refractivity contribution in [3.05, 3.63) is 84.5 Å². The van der Waals surface area contributed by atoms with Crippen LogP contribution in [0.4, 0.5) is 8.78 Å². The Morgan fingerprint density at radius 2 is 1.80 bits per heavy atom. The summed E-state index contributed by atoms with van der Waals surface area (Å²) in [4.78, 5) is 12.8. The molecule has 2 aromatic carbocycles. The molecule has 1 aliphatic rings. The Labute approximate surface area is 176 Å². The minimum atomic E-state index is -1.77. The fourth-order valence-electron chi connectivity index (χ4n) is 3.63. The number of benzene rings is 2. The molecule has 0 spiro atoms. The summed E-state index contributed by atoms with van der Waals surface area (Å²) in [5.74, 6) is -0.243. The molecule has 3 rings (SSSR count). The van der Waals surface area contributed by atoms with E-state index in [0.717, 1.165) is 18.1 Å². The van der Waals surface area contributed by atoms with E-state index in [-0.39, 0.29) is 0 Å². The van der Waals surface area contributed by atoms with E-state index in [0.29, 0.717) is 11.5 Å². The zero-order chi connectivity index (χ0) is 21.7. The Kier molecular flexibility index (Phi) is 6.70. The molecular weight excluding hydrogens is 386 g/mol. The molecule has 1 aliphatic carbocycles. The minimum absolute atomic E-state index is 0.470. The van der Waals surface area contributed by atoms with Gasteiger partial charge in [0.2, 0.25) is 0 Å². The molecule has 0 saturated heterocycles. The largest absolute Gasteiger partial charge is 0.457 e. The predicted molar refractivity (Wildman–Crippen MR) is 112 cm³/mol. The van der Waals surface area contributed by atoms with Crippen LogP contribution >= 0.6 is 0 Å². The van der Waals surface area contributed by atoms with Crippen LogP contribution in [0.2, 0.25) is 0 Å². The first-order valence-corrected chi connectivity index (χ1v) is 10.1. The predicted octanol–water partition coefficient (Wildman–Crippen LogP) is 7.08. The van der Waals surface area contributed by atoms with E-state index in [1.165, 1.54) is 0 Å². The standard InChI is InChI=1S/C25H26F2O3/c1-4-5-14-21(30-24(28)23-20(16-22(26)27)25(23,2)3)17-10-9-13-19(15-17)29-18-11-7-6-8-12-18/h5-16,20-21,23H,4H2,1-3H3. The zero-order valence-corrected chi connectivity index (χ0v) is 17.3. The van der Waals surface area contributed by atoms with Gasteiger partial charge in [0.1, 0.15) is 17.6 Å². The number of hydrogen-bond acceptors (Lipinski definition) is 3. The maximum atomic E-state index is 12.8. The molecular formula is C25H26F2O3. The molecule has 2 aromatic rings. The Balaban J connectivity index is 1.78. The van der Waals surface area contributed by atoms with Crippen molar-refractivity contribution in [1.82, 2.24) is 0 Å². The average Bonchev–Trinajstić information content (AvgIpc) is 3.25. The van der Waals surface area contributed by atoms with Gasteiger partial charge in [0, 0.05) is 11.5 Å². The Morgan fingerprint density at radius 1 is 1.10 bits per heavy atom. The first kappa shape index (κ1) is 21.8. The van der Waals surface area contributed by atoms with E-state index >= 15 is 0 Å². The molecule has 0 bridgehead atoms. The Morgan fingerprint density at radius 3 is 2.47 bits per heavy atom. The van der Waals surface area contributed by atoms with E-state index in [9.17, 15) is 13.6 Å². The smallest absolute Gasteiger partial charge is 0.311 e. The second kappa shape index (κ2) is 9.24. The third-order valence-corrected chi connectivity index (χ3v) is 5.43. The number of carbonyl (C=O) groups is 1. The fourth-order valence-corrected chi connectivity index (χ4v) is 3.63. The molecule has 0 amide bonds. The van der Waals surface area contributed by atoms with Crippen LogP contribution in [-0.4, -0.2) is 5.97 Å². The van der Waals surface area contributed by atoms with Crippen molar-refractivity contribution >= 4 is 5.97 Å². The Hall–Kier alpha value is -2.95. The molecule has 0 heterocycles. The third kappa shape index (κ3) is 5.15. The van der Waals surface area contributed by atoms with Gasteiger partial charge in [-0.25, -0.2) is 0 Å². The molecule has 0 aromatic heterocycles. The second-order valence-corrected chi connectivity index (χ2v) is 7.96. The SMILES string of the molecule is CCC=CC(OC(=O)C1C(C=C(F)F)C1(C)C)c1cccc(Oc2ccccc2)c1. The van der Waals surface area contributed by atoms with Gasteiger partial charge in [-0.3, -0.25) is 4.79 Å². The van der Waals surface area contributed by atoms with Crippen LogP contribution in [0.1, 0.15) is 38.9 Å². The molecule has 30 heavy (non-hydrogen) atoms. The topological polar surface area (TPSA) is 35.5 Å². The van der Waals surface area contributed by atoms with Gasteiger partial charge in [-0.15, -0.1) is 0 Å². The number of ether oxygens (including phenoxy) is 2. The van der Waals surface area contributed by atoms with Gasteiger partial charge in [0.15, 0.2) is 0 Å². The minimum Gasteiger partial charge on any atom is -0.457 e. The maximum Gasteiger partial charge on any atom is 0.311 e. The summed E-state index contributed by atoms with van der Waals surface area (Å²) in [6.45, 7) is 5.58. The molecule has 3 atom stereocenters. The van der Waals surface area contributed by atoms with E-state index in [1.807, 2.05) is 73.7 Å². The van der Waals surface area contributed by atoms with Crippen LogP contribution in [0.5, 0.6) is 11.5 Å². The number of halogens is 2. The van der Waals surface area contributed by atoms with Crippen LogP contribution in [0.15, 0.2) is 78.9 Å². The Bertz CT molecular complexity index is 930. The summed E-state index contributed by atoms with van der Waals surface area (Å²) < 4.78 is 37.1. The summed E-state index contributed by atoms with van der Waals surface area (Å²) in [6, 6.07) is 16.7. The van der Waals surface area contributed by atoms with Crippen molar-refractivity contribution in [3.8, 4) is 11.5 Å². The molecule has 158 valence electrons. The van der Waals surface area contributed by atoms with Crippen molar-refractivity contribution in [3.63, 3.8) is 0 Å². The van der Waals surface area contributed by atoms with Gasteiger partial charge in [-0.05, 0) is 48.3 Å². The van der Waals surface area contributed by atoms with Gasteiger partial charge in [-0.1, -0.05) is 57.2 Å². The molecule has 1 saturated carbocycles. The highest BCUT2D eigenvalue weighted by Crippen LogP contribution is 2.60. The van der Waals surface area contributed by atoms with Crippen molar-refractivity contribution < 1.29 is 23.0 Å². The van der Waals surface area contributed by atoms with Crippen LogP contribution < -0.4 is 4.74 Å². The first-order chi connectivity index (χ1) is 14.3. The van der Waals surface area contributed by atoms with Gasteiger partial charge in [0.05, 0.1) is 5.92 Å². The number of para-hydroxylation sites is 1. The monoisotopic (exact) mass is 412 g/mol. The average molecular weight is 412 g/mol. The molecule has 5 heteroatoms. The van der Waals surface area contributed by atoms with Crippen LogP contribution in [-0.2, 0) is 9.53 Å². The van der Waals surface area contributed by atoms with Crippen LogP contribution in [0.3, 0.4) is 0 Å². The second-order valence-electron chi connectivity index (χ2n) is 7.96. The van der Waals surface area contributed by atoms with Crippen molar-refractivity contribution in [2.45, 2.75) is 33.3 Å². The van der Waals surface area contributed by atoms with Crippen LogP contribution in [0.25, 0.3) is 0 Å². The lowest BCUT2D eigenvalue weighted by Gasteiger charge is -2.17. The first-order valence-electron chi connectivity index (χ1n) is 10.1. The molecule has 0 aliphatic heterocycles. The number of esters is 1. The van der Waals surface area contributed by atoms with E-state index in [1.54, 1.807) is 13.8 Å². The highest BCUT2D eigenvalue weighted by molar-refractivity contribution is 5.78. The lowest BCUT2D eigenvalue weighted by molar-refractivity contribution is -0.149. The third-order valence-electron chi connectivity index (χ3n) is 5.43. The lowest BCUT2D eigenvalue weighted by atomic mass is 10.1. The summed E-state index contributed by atoms with van der Waals surface area (Å²) in [5.41, 5.74) is 0.210. The lowest BCUT2D eigenvalue weighted by Crippen LogP contribution is -2.14. The summed E-state index contributed by atoms with van der Waals surface area (Å²) in [6.07, 6.45) is 2.98. The summed E-state index contributed by atoms with van der Waals surface area (Å²) in [7, 11) is 0. The van der Waals surface area contributed by atoms with Gasteiger partial charge >= 0.3 is 5.97 Å². The highest BCUT2D eigenvalue weighted by Gasteiger charge is 2.62. The normalized spacial score (nSPS) is 20.4. The number of carbonyl (C=O) groups excluding carboxylic acids is 1. The molecule has 3 nitrogen and oxygen atoms in total. The number of allylic oxidation sites excluding steroid dienone is 2. The van der Waals surface area contributed by atoms with Gasteiger partial charge in [-0.2, -0.15) is 8.78 Å². The molecule has 0 radical (unpaired) electrons. The van der Waals surface area contributed by atoms with Crippen molar-refractivity contribution in [2.24, 2.45) is 17.3 Å². The fraction of sp³-hybridized carbons (Fsp3) is 0.320. The summed E-state index contributed by atoms with van der Waals surface area (Å²) >= 11 is 0. The van der Waals surface area contributed by atoms with E-state index < -0.39 is 35.4 Å². The number of rotatable bonds is 8. The van der Waals surface area contributed by atoms with Crippen LogP contribution in [0, 0.1) is 17.3 Å². The van der Waals surface area contributed by atoms with Gasteiger partial charge in [0.25, 0.3) is 6.08 Å². The van der Waals surface area contributed by atoms with Gasteiger partial charge < -0.3 is 9.47 Å². The number of hydrogen-bond donors (Lipinski definition) is 0. The van der Waals surface area contributed by atoms with E-state index in [2.05, 4.69) is 0 Å². The molecule has 1 fully saturated rings. The molecule has 3 unspecified atom stereocenters. The highest BCUT2D eigenvalue weighted by atomic mass is 19.3. The molecule has 0 N–H and O–H groups in total. The van der Waals surface area contributed by atoms with Crippen molar-refractivity contribution in [1.29, 1.82) is 0 Å².